The van der Waals surface area contributed by atoms with Gasteiger partial charge in [-0.25, -0.2) is 9.59 Å². The summed E-state index contributed by atoms with van der Waals surface area (Å²) in [7, 11) is 0. The smallest absolute Gasteiger partial charge is 0.449 e. The first-order chi connectivity index (χ1) is 20.9. The van der Waals surface area contributed by atoms with Crippen LogP contribution >= 0.6 is 46.4 Å². The fraction of sp³-hybridized carbons (Fsp3) is 0.103. The number of hydrogen-bond acceptors (Lipinski definition) is 4. The summed E-state index contributed by atoms with van der Waals surface area (Å²) in [5.41, 5.74) is -10.3. The second-order valence-electron chi connectivity index (χ2n) is 9.07. The summed E-state index contributed by atoms with van der Waals surface area (Å²) < 4.78 is 102. The van der Waals surface area contributed by atoms with Crippen LogP contribution in [-0.2, 0) is 5.41 Å². The van der Waals surface area contributed by atoms with Gasteiger partial charge in [-0.15, -0.1) is 0 Å². The number of halogens is 10. The molecule has 2 N–H and O–H groups in total. The Bertz CT molecular complexity index is 1800. The summed E-state index contributed by atoms with van der Waals surface area (Å²) in [6, 6.07) is 11.2. The number of ether oxygens (including phenoxy) is 2. The van der Waals surface area contributed by atoms with Crippen molar-refractivity contribution in [3.05, 3.63) is 104 Å². The van der Waals surface area contributed by atoms with Gasteiger partial charge in [0.2, 0.25) is 5.41 Å². The Labute approximate surface area is 269 Å². The highest BCUT2D eigenvalue weighted by molar-refractivity contribution is 6.40. The van der Waals surface area contributed by atoms with Crippen molar-refractivity contribution >= 4 is 58.7 Å². The minimum absolute atomic E-state index is 0.0622. The van der Waals surface area contributed by atoms with Crippen LogP contribution in [0.25, 0.3) is 22.3 Å². The highest BCUT2D eigenvalue weighted by Crippen LogP contribution is 2.61. The second-order valence-corrected chi connectivity index (χ2v) is 10.7. The van der Waals surface area contributed by atoms with E-state index in [4.69, 9.17) is 51.5 Å². The molecule has 0 atom stereocenters. The lowest BCUT2D eigenvalue weighted by molar-refractivity contribution is -0.288. The van der Waals surface area contributed by atoms with Crippen molar-refractivity contribution in [3.63, 3.8) is 0 Å². The molecule has 0 aliphatic carbocycles. The van der Waals surface area contributed by atoms with E-state index in [2.05, 4.69) is 9.47 Å². The number of alkyl halides is 6. The molecule has 0 fully saturated rings. The Morgan fingerprint density at radius 1 is 0.622 bits per heavy atom. The molecular weight excluding hydrogens is 700 g/mol. The van der Waals surface area contributed by atoms with Gasteiger partial charge in [0.25, 0.3) is 0 Å². The fourth-order valence-electron chi connectivity index (χ4n) is 4.88. The van der Waals surface area contributed by atoms with Crippen molar-refractivity contribution in [1.82, 2.24) is 0 Å². The monoisotopic (exact) mass is 712 g/mol. The van der Waals surface area contributed by atoms with E-state index in [-0.39, 0.29) is 15.6 Å². The lowest BCUT2D eigenvalue weighted by Crippen LogP contribution is -2.55. The molecule has 4 aromatic carbocycles. The molecule has 0 aliphatic heterocycles. The van der Waals surface area contributed by atoms with Crippen molar-refractivity contribution in [3.8, 4) is 33.8 Å². The number of hydrogen-bond donors (Lipinski definition) is 2. The van der Waals surface area contributed by atoms with Gasteiger partial charge in [-0.2, -0.15) is 26.3 Å². The number of carboxylic acid groups (broad SMARTS) is 2. The largest absolute Gasteiger partial charge is 0.511 e. The molecule has 0 saturated carbocycles. The van der Waals surface area contributed by atoms with Crippen LogP contribution < -0.4 is 9.47 Å². The maximum atomic E-state index is 15.5. The van der Waals surface area contributed by atoms with Crippen LogP contribution in [0, 0.1) is 0 Å². The van der Waals surface area contributed by atoms with E-state index in [1.807, 2.05) is 0 Å². The minimum atomic E-state index is -6.15. The summed E-state index contributed by atoms with van der Waals surface area (Å²) in [6.07, 6.45) is -16.3. The van der Waals surface area contributed by atoms with Crippen molar-refractivity contribution in [1.29, 1.82) is 0 Å². The molecular formula is C29H14Cl4F6O6. The quantitative estimate of drug-likeness (QED) is 0.117. The summed E-state index contributed by atoms with van der Waals surface area (Å²) in [6.45, 7) is 0. The first-order valence-electron chi connectivity index (χ1n) is 12.0. The molecule has 0 heterocycles. The molecule has 0 amide bonds. The van der Waals surface area contributed by atoms with E-state index in [0.717, 1.165) is 42.5 Å². The maximum absolute atomic E-state index is 15.5. The van der Waals surface area contributed by atoms with Gasteiger partial charge in [-0.1, -0.05) is 101 Å². The SMILES string of the molecule is O=C(O)Oc1cc(Cl)c(OC(=O)O)c(Cl)c1-c1ccccc1C(c1ccccc1-c1ccc(Cl)cc1Cl)(C(F)(F)F)C(F)(F)F. The molecule has 0 spiro atoms. The van der Waals surface area contributed by atoms with Gasteiger partial charge in [0, 0.05) is 27.2 Å². The van der Waals surface area contributed by atoms with Gasteiger partial charge in [0.15, 0.2) is 5.75 Å². The molecule has 0 unspecified atom stereocenters. The molecule has 0 aromatic heterocycles. The third-order valence-corrected chi connectivity index (χ3v) is 7.72. The van der Waals surface area contributed by atoms with Crippen molar-refractivity contribution in [2.24, 2.45) is 0 Å². The van der Waals surface area contributed by atoms with E-state index >= 15 is 26.3 Å². The molecule has 0 aliphatic rings. The summed E-state index contributed by atoms with van der Waals surface area (Å²) >= 11 is 24.4. The normalized spacial score (nSPS) is 12.1. The first-order valence-corrected chi connectivity index (χ1v) is 13.5. The molecule has 4 rings (SSSR count). The van der Waals surface area contributed by atoms with E-state index in [9.17, 15) is 14.7 Å². The van der Waals surface area contributed by atoms with Crippen LogP contribution in [0.2, 0.25) is 20.1 Å². The molecule has 0 radical (unpaired) electrons. The van der Waals surface area contributed by atoms with Gasteiger partial charge in [0.1, 0.15) is 5.75 Å². The van der Waals surface area contributed by atoms with Crippen LogP contribution in [0.15, 0.2) is 72.8 Å². The minimum Gasteiger partial charge on any atom is -0.449 e. The second kappa shape index (κ2) is 12.5. The topological polar surface area (TPSA) is 93.1 Å². The standard InChI is InChI=1S/C29H14Cl4F6O6/c30-13-9-10-15(19(31)11-13)14-5-1-3-7-17(14)27(28(34,35)36,29(37,38)39)18-8-4-2-6-16(18)22-21(44-25(40)41)12-20(32)24(23(22)33)45-26(42)43/h1-12H,(H,40,41)(H,42,43). The average Bonchev–Trinajstić information content (AvgIpc) is 2.90. The van der Waals surface area contributed by atoms with Gasteiger partial charge in [-0.3, -0.25) is 0 Å². The molecule has 45 heavy (non-hydrogen) atoms. The lowest BCUT2D eigenvalue weighted by Gasteiger charge is -2.40. The lowest BCUT2D eigenvalue weighted by atomic mass is 9.68. The first kappa shape index (κ1) is 34.0. The van der Waals surface area contributed by atoms with Crippen molar-refractivity contribution in [2.75, 3.05) is 0 Å². The highest BCUT2D eigenvalue weighted by Gasteiger charge is 2.73. The molecule has 4 aromatic rings. The molecule has 236 valence electrons. The van der Waals surface area contributed by atoms with Crippen molar-refractivity contribution in [2.45, 2.75) is 17.8 Å². The maximum Gasteiger partial charge on any atom is 0.511 e. The predicted octanol–water partition coefficient (Wildman–Crippen LogP) is 11.2. The van der Waals surface area contributed by atoms with Gasteiger partial charge < -0.3 is 19.7 Å². The number of rotatable bonds is 6. The number of carbonyl (C=O) groups is 2. The third-order valence-electron chi connectivity index (χ3n) is 6.53. The van der Waals surface area contributed by atoms with Gasteiger partial charge in [0.05, 0.1) is 10.0 Å². The van der Waals surface area contributed by atoms with Gasteiger partial charge >= 0.3 is 24.7 Å². The van der Waals surface area contributed by atoms with Gasteiger partial charge in [-0.05, 0) is 34.4 Å². The average molecular weight is 714 g/mol. The third kappa shape index (κ3) is 6.19. The van der Waals surface area contributed by atoms with Crippen LogP contribution in [0.4, 0.5) is 35.9 Å². The Hall–Kier alpha value is -3.84. The zero-order valence-electron chi connectivity index (χ0n) is 21.7. The summed E-state index contributed by atoms with van der Waals surface area (Å²) in [4.78, 5) is 22.8. The molecule has 0 saturated heterocycles. The number of benzene rings is 4. The Morgan fingerprint density at radius 3 is 1.64 bits per heavy atom. The predicted molar refractivity (Wildman–Crippen MR) is 154 cm³/mol. The summed E-state index contributed by atoms with van der Waals surface area (Å²) in [5, 5.41) is 16.6. The van der Waals surface area contributed by atoms with Crippen LogP contribution in [0.5, 0.6) is 11.5 Å². The van der Waals surface area contributed by atoms with E-state index in [0.29, 0.717) is 18.2 Å². The zero-order chi connectivity index (χ0) is 33.5. The summed E-state index contributed by atoms with van der Waals surface area (Å²) in [5.74, 6) is -1.83. The Morgan fingerprint density at radius 2 is 1.13 bits per heavy atom. The Kier molecular flexibility index (Phi) is 9.46. The molecule has 0 bridgehead atoms. The van der Waals surface area contributed by atoms with E-state index < -0.39 is 79.4 Å². The van der Waals surface area contributed by atoms with Crippen LogP contribution in [0.3, 0.4) is 0 Å². The van der Waals surface area contributed by atoms with Crippen LogP contribution in [0.1, 0.15) is 11.1 Å². The van der Waals surface area contributed by atoms with Crippen LogP contribution in [-0.4, -0.2) is 34.9 Å². The van der Waals surface area contributed by atoms with Crippen molar-refractivity contribution < 1.29 is 55.6 Å². The van der Waals surface area contributed by atoms with E-state index in [1.54, 1.807) is 0 Å². The highest BCUT2D eigenvalue weighted by atomic mass is 35.5. The molecule has 6 nitrogen and oxygen atoms in total. The van der Waals surface area contributed by atoms with E-state index in [1.165, 1.54) is 12.1 Å². The zero-order valence-corrected chi connectivity index (χ0v) is 24.8. The fourth-order valence-corrected chi connectivity index (χ4v) is 6.01. The Balaban J connectivity index is 2.24. The molecule has 16 heteroatoms.